The number of nitrogens with one attached hydrogen (secondary N) is 2. The van der Waals surface area contributed by atoms with E-state index >= 15 is 0 Å². The predicted molar refractivity (Wildman–Crippen MR) is 79.2 cm³/mol. The minimum atomic E-state index is -0.129. The predicted octanol–water partition coefficient (Wildman–Crippen LogP) is 3.61. The Morgan fingerprint density at radius 2 is 1.63 bits per heavy atom. The maximum atomic E-state index is 11.7. The third-order valence-corrected chi connectivity index (χ3v) is 3.04. The van der Waals surface area contributed by atoms with Gasteiger partial charge >= 0.3 is 6.03 Å². The minimum Gasteiger partial charge on any atom is -0.336 e. The van der Waals surface area contributed by atoms with Gasteiger partial charge in [-0.15, -0.1) is 0 Å². The first kappa shape index (κ1) is 13.4. The lowest BCUT2D eigenvalue weighted by Gasteiger charge is -2.17. The molecule has 2 aromatic carbocycles. The Hall–Kier alpha value is -2.03. The van der Waals surface area contributed by atoms with Gasteiger partial charge in [0.05, 0.1) is 6.04 Å². The zero-order valence-corrected chi connectivity index (χ0v) is 11.6. The van der Waals surface area contributed by atoms with E-state index < -0.39 is 0 Å². The molecule has 2 aromatic rings. The van der Waals surface area contributed by atoms with Gasteiger partial charge in [-0.2, -0.15) is 0 Å². The Balaban J connectivity index is 2.12. The fraction of sp³-hybridized carbons (Fsp3) is 0.312. The SMILES string of the molecule is CC(C)NC(=O)N[C@H](C)c1ccc2ccccc2c1. The van der Waals surface area contributed by atoms with Crippen LogP contribution in [0.5, 0.6) is 0 Å². The number of hydrogen-bond acceptors (Lipinski definition) is 1. The van der Waals surface area contributed by atoms with Gasteiger partial charge < -0.3 is 10.6 Å². The van der Waals surface area contributed by atoms with E-state index in [2.05, 4.69) is 41.0 Å². The molecule has 0 aliphatic carbocycles. The molecule has 3 heteroatoms. The quantitative estimate of drug-likeness (QED) is 0.865. The summed E-state index contributed by atoms with van der Waals surface area (Å²) >= 11 is 0. The fourth-order valence-corrected chi connectivity index (χ4v) is 2.06. The molecule has 0 spiro atoms. The van der Waals surface area contributed by atoms with Crippen molar-refractivity contribution in [3.63, 3.8) is 0 Å². The average molecular weight is 256 g/mol. The van der Waals surface area contributed by atoms with Gasteiger partial charge in [0.2, 0.25) is 0 Å². The third-order valence-electron chi connectivity index (χ3n) is 3.04. The van der Waals surface area contributed by atoms with Gasteiger partial charge in [-0.05, 0) is 43.2 Å². The molecule has 0 bridgehead atoms. The summed E-state index contributed by atoms with van der Waals surface area (Å²) in [7, 11) is 0. The van der Waals surface area contributed by atoms with Crippen LogP contribution < -0.4 is 10.6 Å². The maximum absolute atomic E-state index is 11.7. The van der Waals surface area contributed by atoms with Crippen molar-refractivity contribution in [3.05, 3.63) is 48.0 Å². The third kappa shape index (κ3) is 3.47. The minimum absolute atomic E-state index is 0.0108. The molecule has 0 radical (unpaired) electrons. The Morgan fingerprint density at radius 3 is 2.32 bits per heavy atom. The highest BCUT2D eigenvalue weighted by molar-refractivity contribution is 5.83. The van der Waals surface area contributed by atoms with Crippen LogP contribution in [0.15, 0.2) is 42.5 Å². The lowest BCUT2D eigenvalue weighted by Crippen LogP contribution is -2.40. The molecule has 0 saturated heterocycles. The topological polar surface area (TPSA) is 41.1 Å². The normalized spacial score (nSPS) is 12.4. The van der Waals surface area contributed by atoms with E-state index in [0.29, 0.717) is 0 Å². The summed E-state index contributed by atoms with van der Waals surface area (Å²) in [6, 6.07) is 14.5. The highest BCUT2D eigenvalue weighted by atomic mass is 16.2. The van der Waals surface area contributed by atoms with Crippen LogP contribution in [0.1, 0.15) is 32.4 Å². The van der Waals surface area contributed by atoms with Crippen LogP contribution >= 0.6 is 0 Å². The van der Waals surface area contributed by atoms with E-state index in [1.54, 1.807) is 0 Å². The van der Waals surface area contributed by atoms with Crippen LogP contribution in [0.25, 0.3) is 10.8 Å². The number of rotatable bonds is 3. The lowest BCUT2D eigenvalue weighted by molar-refractivity contribution is 0.235. The second-order valence-electron chi connectivity index (χ2n) is 5.10. The summed E-state index contributed by atoms with van der Waals surface area (Å²) < 4.78 is 0. The Morgan fingerprint density at radius 1 is 0.947 bits per heavy atom. The summed E-state index contributed by atoms with van der Waals surface area (Å²) in [5, 5.41) is 8.18. The molecule has 2 N–H and O–H groups in total. The number of carbonyl (C=O) groups excluding carboxylic acids is 1. The summed E-state index contributed by atoms with van der Waals surface area (Å²) in [6.45, 7) is 5.88. The molecule has 0 aliphatic rings. The van der Waals surface area contributed by atoms with Crippen molar-refractivity contribution in [1.82, 2.24) is 10.6 Å². The van der Waals surface area contributed by atoms with Crippen molar-refractivity contribution in [2.24, 2.45) is 0 Å². The molecule has 0 saturated carbocycles. The molecule has 100 valence electrons. The smallest absolute Gasteiger partial charge is 0.315 e. The second kappa shape index (κ2) is 5.74. The molecule has 0 heterocycles. The molecule has 0 unspecified atom stereocenters. The molecule has 0 aromatic heterocycles. The van der Waals surface area contributed by atoms with Crippen molar-refractivity contribution < 1.29 is 4.79 Å². The van der Waals surface area contributed by atoms with Crippen molar-refractivity contribution in [1.29, 1.82) is 0 Å². The van der Waals surface area contributed by atoms with Gasteiger partial charge in [0.1, 0.15) is 0 Å². The van der Waals surface area contributed by atoms with Gasteiger partial charge in [-0.3, -0.25) is 0 Å². The molecular weight excluding hydrogens is 236 g/mol. The summed E-state index contributed by atoms with van der Waals surface area (Å²) in [5.74, 6) is 0. The van der Waals surface area contributed by atoms with E-state index in [4.69, 9.17) is 0 Å². The molecule has 0 fully saturated rings. The Kier molecular flexibility index (Phi) is 4.05. The highest BCUT2D eigenvalue weighted by Gasteiger charge is 2.10. The van der Waals surface area contributed by atoms with Crippen LogP contribution in [-0.2, 0) is 0 Å². The monoisotopic (exact) mass is 256 g/mol. The number of urea groups is 1. The maximum Gasteiger partial charge on any atom is 0.315 e. The van der Waals surface area contributed by atoms with Crippen molar-refractivity contribution in [2.75, 3.05) is 0 Å². The number of carbonyl (C=O) groups is 1. The molecule has 0 aliphatic heterocycles. The van der Waals surface area contributed by atoms with E-state index in [-0.39, 0.29) is 18.1 Å². The first-order valence-corrected chi connectivity index (χ1v) is 6.62. The van der Waals surface area contributed by atoms with Crippen molar-refractivity contribution in [3.8, 4) is 0 Å². The average Bonchev–Trinajstić information content (AvgIpc) is 2.37. The van der Waals surface area contributed by atoms with E-state index in [9.17, 15) is 4.79 Å². The summed E-state index contributed by atoms with van der Waals surface area (Å²) in [6.07, 6.45) is 0. The van der Waals surface area contributed by atoms with Gasteiger partial charge in [-0.1, -0.05) is 36.4 Å². The number of fused-ring (bicyclic) bond motifs is 1. The first-order chi connectivity index (χ1) is 9.06. The lowest BCUT2D eigenvalue weighted by atomic mass is 10.0. The summed E-state index contributed by atoms with van der Waals surface area (Å²) in [5.41, 5.74) is 1.11. The highest BCUT2D eigenvalue weighted by Crippen LogP contribution is 2.20. The Labute approximate surface area is 114 Å². The van der Waals surface area contributed by atoms with E-state index in [1.165, 1.54) is 10.8 Å². The van der Waals surface area contributed by atoms with E-state index in [1.807, 2.05) is 32.9 Å². The van der Waals surface area contributed by atoms with Crippen LogP contribution in [0.4, 0.5) is 4.79 Å². The standard InChI is InChI=1S/C16H20N2O/c1-11(2)17-16(19)18-12(3)14-9-8-13-6-4-5-7-15(13)10-14/h4-12H,1-3H3,(H2,17,18,19)/t12-/m1/s1. The Bertz CT molecular complexity index is 578. The molecule has 1 atom stereocenters. The van der Waals surface area contributed by atoms with Gasteiger partial charge in [0.15, 0.2) is 0 Å². The first-order valence-electron chi connectivity index (χ1n) is 6.62. The van der Waals surface area contributed by atoms with Crippen molar-refractivity contribution >= 4 is 16.8 Å². The molecule has 19 heavy (non-hydrogen) atoms. The zero-order valence-electron chi connectivity index (χ0n) is 11.6. The van der Waals surface area contributed by atoms with Crippen molar-refractivity contribution in [2.45, 2.75) is 32.9 Å². The number of amides is 2. The van der Waals surface area contributed by atoms with E-state index in [0.717, 1.165) is 5.56 Å². The van der Waals surface area contributed by atoms with Crippen LogP contribution in [0.3, 0.4) is 0 Å². The van der Waals surface area contributed by atoms with Crippen LogP contribution in [0, 0.1) is 0 Å². The van der Waals surface area contributed by atoms with Crippen LogP contribution in [0.2, 0.25) is 0 Å². The summed E-state index contributed by atoms with van der Waals surface area (Å²) in [4.78, 5) is 11.7. The molecule has 3 nitrogen and oxygen atoms in total. The van der Waals surface area contributed by atoms with Crippen LogP contribution in [-0.4, -0.2) is 12.1 Å². The molecule has 2 amide bonds. The molecule has 2 rings (SSSR count). The fourth-order valence-electron chi connectivity index (χ4n) is 2.06. The second-order valence-corrected chi connectivity index (χ2v) is 5.10. The van der Waals surface area contributed by atoms with Gasteiger partial charge in [0.25, 0.3) is 0 Å². The number of hydrogen-bond donors (Lipinski definition) is 2. The van der Waals surface area contributed by atoms with Gasteiger partial charge in [-0.25, -0.2) is 4.79 Å². The largest absolute Gasteiger partial charge is 0.336 e. The van der Waals surface area contributed by atoms with Gasteiger partial charge in [0, 0.05) is 6.04 Å². The number of benzene rings is 2. The molecular formula is C16H20N2O. The zero-order chi connectivity index (χ0) is 13.8.